The molecular weight excluding hydrogens is 192 g/mol. The van der Waals surface area contributed by atoms with E-state index in [-0.39, 0.29) is 30.5 Å². The Morgan fingerprint density at radius 1 is 1.67 bits per heavy atom. The number of nitrogens with zero attached hydrogens (tertiary/aromatic N) is 2. The van der Waals surface area contributed by atoms with Crippen molar-refractivity contribution in [3.8, 4) is 6.07 Å². The van der Waals surface area contributed by atoms with Gasteiger partial charge in [-0.05, 0) is 27.2 Å². The van der Waals surface area contributed by atoms with E-state index in [9.17, 15) is 4.79 Å². The van der Waals surface area contributed by atoms with Crippen molar-refractivity contribution >= 4 is 5.91 Å². The van der Waals surface area contributed by atoms with Gasteiger partial charge in [0.25, 0.3) is 0 Å². The van der Waals surface area contributed by atoms with E-state index in [2.05, 4.69) is 0 Å². The minimum absolute atomic E-state index is 0.0163. The summed E-state index contributed by atoms with van der Waals surface area (Å²) in [6.07, 6.45) is 0.756. The topological polar surface area (TPSA) is 53.3 Å². The Morgan fingerprint density at radius 2 is 2.33 bits per heavy atom. The summed E-state index contributed by atoms with van der Waals surface area (Å²) in [7, 11) is 0. The fourth-order valence-corrected chi connectivity index (χ4v) is 1.86. The highest BCUT2D eigenvalue weighted by molar-refractivity contribution is 5.80. The second kappa shape index (κ2) is 5.13. The van der Waals surface area contributed by atoms with E-state index in [1.54, 1.807) is 4.90 Å². The van der Waals surface area contributed by atoms with Gasteiger partial charge in [0.1, 0.15) is 6.54 Å². The Balaban J connectivity index is 2.67. The average molecular weight is 210 g/mol. The summed E-state index contributed by atoms with van der Waals surface area (Å²) in [5.74, 6) is -0.0164. The number of rotatable bonds is 3. The van der Waals surface area contributed by atoms with Gasteiger partial charge in [0.05, 0.1) is 18.1 Å². The SMILES string of the molecule is CC1OCCC1C(=O)N(CC#N)C(C)C. The third-order valence-electron chi connectivity index (χ3n) is 2.84. The molecule has 1 aliphatic heterocycles. The molecule has 0 spiro atoms. The third-order valence-corrected chi connectivity index (χ3v) is 2.84. The smallest absolute Gasteiger partial charge is 0.229 e. The molecule has 2 atom stereocenters. The highest BCUT2D eigenvalue weighted by Crippen LogP contribution is 2.23. The molecule has 84 valence electrons. The zero-order chi connectivity index (χ0) is 11.4. The highest BCUT2D eigenvalue weighted by atomic mass is 16.5. The number of ether oxygens (including phenoxy) is 1. The van der Waals surface area contributed by atoms with Gasteiger partial charge in [-0.25, -0.2) is 0 Å². The maximum atomic E-state index is 12.1. The predicted octanol–water partition coefficient (Wildman–Crippen LogP) is 1.17. The van der Waals surface area contributed by atoms with E-state index in [0.29, 0.717) is 6.61 Å². The maximum Gasteiger partial charge on any atom is 0.229 e. The molecule has 2 unspecified atom stereocenters. The van der Waals surface area contributed by atoms with Gasteiger partial charge in [-0.1, -0.05) is 0 Å². The second-order valence-corrected chi connectivity index (χ2v) is 4.19. The van der Waals surface area contributed by atoms with Gasteiger partial charge < -0.3 is 9.64 Å². The van der Waals surface area contributed by atoms with Crippen LogP contribution in [0.5, 0.6) is 0 Å². The number of nitriles is 1. The lowest BCUT2D eigenvalue weighted by Crippen LogP contribution is -2.42. The summed E-state index contributed by atoms with van der Waals surface area (Å²) in [6.45, 7) is 6.58. The summed E-state index contributed by atoms with van der Waals surface area (Å²) in [5, 5.41) is 8.67. The zero-order valence-electron chi connectivity index (χ0n) is 9.56. The van der Waals surface area contributed by atoms with Gasteiger partial charge in [-0.3, -0.25) is 4.79 Å². The summed E-state index contributed by atoms with van der Waals surface area (Å²) < 4.78 is 5.36. The molecule has 0 aromatic rings. The first-order valence-corrected chi connectivity index (χ1v) is 5.37. The van der Waals surface area contributed by atoms with Crippen molar-refractivity contribution in [1.82, 2.24) is 4.90 Å². The Morgan fingerprint density at radius 3 is 2.73 bits per heavy atom. The van der Waals surface area contributed by atoms with Crippen molar-refractivity contribution in [2.24, 2.45) is 5.92 Å². The van der Waals surface area contributed by atoms with Crippen molar-refractivity contribution in [1.29, 1.82) is 5.26 Å². The monoisotopic (exact) mass is 210 g/mol. The summed E-state index contributed by atoms with van der Waals surface area (Å²) >= 11 is 0. The molecule has 0 aromatic carbocycles. The molecule has 15 heavy (non-hydrogen) atoms. The van der Waals surface area contributed by atoms with Gasteiger partial charge in [0, 0.05) is 12.6 Å². The molecule has 0 saturated carbocycles. The van der Waals surface area contributed by atoms with Crippen molar-refractivity contribution in [3.63, 3.8) is 0 Å². The molecule has 0 aliphatic carbocycles. The number of hydrogen-bond acceptors (Lipinski definition) is 3. The van der Waals surface area contributed by atoms with Crippen molar-refractivity contribution in [3.05, 3.63) is 0 Å². The van der Waals surface area contributed by atoms with Crippen LogP contribution in [0.4, 0.5) is 0 Å². The van der Waals surface area contributed by atoms with Crippen molar-refractivity contribution in [2.45, 2.75) is 39.3 Å². The third kappa shape index (κ3) is 2.69. The Kier molecular flexibility index (Phi) is 4.10. The van der Waals surface area contributed by atoms with Crippen LogP contribution in [-0.2, 0) is 9.53 Å². The maximum absolute atomic E-state index is 12.1. The lowest BCUT2D eigenvalue weighted by atomic mass is 10.0. The Labute approximate surface area is 90.8 Å². The van der Waals surface area contributed by atoms with Gasteiger partial charge in [0.15, 0.2) is 0 Å². The molecule has 1 amide bonds. The minimum Gasteiger partial charge on any atom is -0.378 e. The molecular formula is C11H18N2O2. The predicted molar refractivity (Wildman–Crippen MR) is 56.0 cm³/mol. The Bertz CT molecular complexity index is 270. The quantitative estimate of drug-likeness (QED) is 0.657. The Hall–Kier alpha value is -1.08. The standard InChI is InChI=1S/C11H18N2O2/c1-8(2)13(6-5-12)11(14)10-4-7-15-9(10)3/h8-10H,4,6-7H2,1-3H3. The molecule has 0 N–H and O–H groups in total. The first kappa shape index (κ1) is 12.0. The number of amides is 1. The van der Waals surface area contributed by atoms with Crippen LogP contribution in [0.2, 0.25) is 0 Å². The van der Waals surface area contributed by atoms with Crippen LogP contribution >= 0.6 is 0 Å². The fraction of sp³-hybridized carbons (Fsp3) is 0.818. The van der Waals surface area contributed by atoms with Crippen molar-refractivity contribution < 1.29 is 9.53 Å². The minimum atomic E-state index is -0.0688. The van der Waals surface area contributed by atoms with Gasteiger partial charge >= 0.3 is 0 Å². The van der Waals surface area contributed by atoms with E-state index in [1.807, 2.05) is 26.8 Å². The molecule has 1 heterocycles. The van der Waals surface area contributed by atoms with Crippen LogP contribution in [0.25, 0.3) is 0 Å². The van der Waals surface area contributed by atoms with E-state index in [1.165, 1.54) is 0 Å². The average Bonchev–Trinajstić information content (AvgIpc) is 2.59. The molecule has 1 fully saturated rings. The van der Waals surface area contributed by atoms with Gasteiger partial charge in [-0.2, -0.15) is 5.26 Å². The molecule has 1 saturated heterocycles. The molecule has 0 aromatic heterocycles. The van der Waals surface area contributed by atoms with Crippen LogP contribution in [0.15, 0.2) is 0 Å². The van der Waals surface area contributed by atoms with Crippen LogP contribution in [0.1, 0.15) is 27.2 Å². The largest absolute Gasteiger partial charge is 0.378 e. The van der Waals surface area contributed by atoms with E-state index in [4.69, 9.17) is 10.00 Å². The first-order chi connectivity index (χ1) is 7.07. The molecule has 0 radical (unpaired) electrons. The van der Waals surface area contributed by atoms with Crippen LogP contribution in [-0.4, -0.2) is 36.1 Å². The number of carbonyl (C=O) groups excluding carboxylic acids is 1. The molecule has 0 bridgehead atoms. The lowest BCUT2D eigenvalue weighted by Gasteiger charge is -2.27. The number of hydrogen-bond donors (Lipinski definition) is 0. The van der Waals surface area contributed by atoms with Gasteiger partial charge in [-0.15, -0.1) is 0 Å². The molecule has 1 rings (SSSR count). The number of carbonyl (C=O) groups is 1. The summed E-state index contributed by atoms with van der Waals surface area (Å²) in [5.41, 5.74) is 0. The summed E-state index contributed by atoms with van der Waals surface area (Å²) in [4.78, 5) is 13.7. The highest BCUT2D eigenvalue weighted by Gasteiger charge is 2.34. The lowest BCUT2D eigenvalue weighted by molar-refractivity contribution is -0.138. The normalized spacial score (nSPS) is 25.3. The van der Waals surface area contributed by atoms with E-state index < -0.39 is 0 Å². The zero-order valence-corrected chi connectivity index (χ0v) is 9.56. The van der Waals surface area contributed by atoms with E-state index in [0.717, 1.165) is 6.42 Å². The first-order valence-electron chi connectivity index (χ1n) is 5.37. The second-order valence-electron chi connectivity index (χ2n) is 4.19. The van der Waals surface area contributed by atoms with Crippen LogP contribution in [0.3, 0.4) is 0 Å². The summed E-state index contributed by atoms with van der Waals surface area (Å²) in [6, 6.07) is 2.11. The van der Waals surface area contributed by atoms with Crippen molar-refractivity contribution in [2.75, 3.05) is 13.2 Å². The van der Waals surface area contributed by atoms with Gasteiger partial charge in [0.2, 0.25) is 5.91 Å². The molecule has 4 heteroatoms. The molecule has 1 aliphatic rings. The van der Waals surface area contributed by atoms with Crippen LogP contribution < -0.4 is 0 Å². The molecule has 4 nitrogen and oxygen atoms in total. The van der Waals surface area contributed by atoms with E-state index >= 15 is 0 Å². The van der Waals surface area contributed by atoms with Crippen LogP contribution in [0, 0.1) is 17.2 Å². The fourth-order valence-electron chi connectivity index (χ4n) is 1.86.